The van der Waals surface area contributed by atoms with Crippen molar-refractivity contribution >= 4 is 6.29 Å². The molecule has 0 spiro atoms. The van der Waals surface area contributed by atoms with E-state index in [4.69, 9.17) is 0 Å². The zero-order valence-corrected chi connectivity index (χ0v) is 18.4. The van der Waals surface area contributed by atoms with Crippen LogP contribution >= 0.6 is 0 Å². The van der Waals surface area contributed by atoms with Gasteiger partial charge in [-0.15, -0.1) is 0 Å². The van der Waals surface area contributed by atoms with E-state index in [9.17, 15) is 15.0 Å². The fourth-order valence-electron chi connectivity index (χ4n) is 9.25. The lowest BCUT2D eigenvalue weighted by Crippen LogP contribution is -2.62. The second kappa shape index (κ2) is 7.38. The fraction of sp³-hybridized carbons (Fsp3) is 0.960. The van der Waals surface area contributed by atoms with Crippen molar-refractivity contribution in [3.63, 3.8) is 0 Å². The average molecular weight is 391 g/mol. The van der Waals surface area contributed by atoms with Crippen molar-refractivity contribution in [2.45, 2.75) is 97.7 Å². The third-order valence-electron chi connectivity index (χ3n) is 10.6. The van der Waals surface area contributed by atoms with Gasteiger partial charge in [-0.3, -0.25) is 0 Å². The molecule has 11 atom stereocenters. The largest absolute Gasteiger partial charge is 0.393 e. The van der Waals surface area contributed by atoms with Crippen LogP contribution in [0.2, 0.25) is 0 Å². The first-order valence-corrected chi connectivity index (χ1v) is 12.1. The minimum absolute atomic E-state index is 0.176. The summed E-state index contributed by atoms with van der Waals surface area (Å²) in [7, 11) is 0. The molecule has 3 heteroatoms. The lowest BCUT2D eigenvalue weighted by atomic mass is 9.41. The van der Waals surface area contributed by atoms with E-state index in [2.05, 4.69) is 27.7 Å². The summed E-state index contributed by atoms with van der Waals surface area (Å²) in [5, 5.41) is 22.0. The molecular formula is C25H42O3. The zero-order chi connectivity index (χ0) is 20.3. The number of hydrogen-bond acceptors (Lipinski definition) is 3. The smallest absolute Gasteiger partial charge is 0.120 e. The van der Waals surface area contributed by atoms with E-state index >= 15 is 0 Å². The first-order valence-electron chi connectivity index (χ1n) is 12.1. The van der Waals surface area contributed by atoms with Crippen molar-refractivity contribution in [2.75, 3.05) is 0 Å². The van der Waals surface area contributed by atoms with Gasteiger partial charge in [0.1, 0.15) is 6.29 Å². The highest BCUT2D eigenvalue weighted by molar-refractivity contribution is 5.49. The predicted octanol–water partition coefficient (Wildman–Crippen LogP) is 4.84. The Labute approximate surface area is 171 Å². The first kappa shape index (κ1) is 20.8. The molecule has 0 aromatic heterocycles. The summed E-state index contributed by atoms with van der Waals surface area (Å²) < 4.78 is 0. The van der Waals surface area contributed by atoms with Crippen LogP contribution in [0.4, 0.5) is 0 Å². The van der Waals surface area contributed by atoms with Crippen LogP contribution < -0.4 is 0 Å². The average Bonchev–Trinajstić information content (AvgIpc) is 3.01. The molecule has 4 aliphatic rings. The summed E-state index contributed by atoms with van der Waals surface area (Å²) in [6.45, 7) is 9.49. The molecule has 0 saturated heterocycles. The van der Waals surface area contributed by atoms with Crippen molar-refractivity contribution in [3.8, 4) is 0 Å². The van der Waals surface area contributed by atoms with Gasteiger partial charge in [-0.05, 0) is 97.2 Å². The molecule has 4 aliphatic carbocycles. The molecule has 4 fully saturated rings. The van der Waals surface area contributed by atoms with Gasteiger partial charge < -0.3 is 15.0 Å². The Morgan fingerprint density at radius 1 is 1.00 bits per heavy atom. The van der Waals surface area contributed by atoms with Crippen molar-refractivity contribution < 1.29 is 15.0 Å². The molecule has 4 rings (SSSR count). The molecule has 3 nitrogen and oxygen atoms in total. The van der Waals surface area contributed by atoms with Gasteiger partial charge in [-0.1, -0.05) is 34.1 Å². The number of aliphatic hydroxyl groups excluding tert-OH is 2. The number of carbonyl (C=O) groups is 1. The molecule has 2 N–H and O–H groups in total. The van der Waals surface area contributed by atoms with E-state index in [1.54, 1.807) is 0 Å². The molecule has 4 unspecified atom stereocenters. The van der Waals surface area contributed by atoms with Crippen molar-refractivity contribution in [3.05, 3.63) is 0 Å². The van der Waals surface area contributed by atoms with Crippen LogP contribution in [0, 0.1) is 52.3 Å². The van der Waals surface area contributed by atoms with Crippen LogP contribution in [0.25, 0.3) is 0 Å². The Balaban J connectivity index is 1.67. The van der Waals surface area contributed by atoms with Crippen LogP contribution in [0.1, 0.15) is 85.5 Å². The molecule has 4 saturated carbocycles. The van der Waals surface area contributed by atoms with Crippen LogP contribution in [0.3, 0.4) is 0 Å². The van der Waals surface area contributed by atoms with Gasteiger partial charge in [-0.25, -0.2) is 0 Å². The van der Waals surface area contributed by atoms with Gasteiger partial charge in [0.05, 0.1) is 12.2 Å². The minimum atomic E-state index is -0.219. The summed E-state index contributed by atoms with van der Waals surface area (Å²) in [6, 6.07) is 0. The molecule has 0 amide bonds. The molecule has 0 aromatic rings. The normalized spacial score (nSPS) is 54.4. The van der Waals surface area contributed by atoms with Crippen LogP contribution in [0.15, 0.2) is 0 Å². The Hall–Kier alpha value is -0.410. The molecule has 28 heavy (non-hydrogen) atoms. The highest BCUT2D eigenvalue weighted by Crippen LogP contribution is 2.69. The van der Waals surface area contributed by atoms with Crippen LogP contribution in [-0.2, 0) is 4.79 Å². The van der Waals surface area contributed by atoms with E-state index in [0.717, 1.165) is 32.0 Å². The summed E-state index contributed by atoms with van der Waals surface area (Å²) in [6.07, 6.45) is 10.3. The van der Waals surface area contributed by atoms with Crippen LogP contribution in [0.5, 0.6) is 0 Å². The van der Waals surface area contributed by atoms with E-state index in [1.807, 2.05) is 0 Å². The minimum Gasteiger partial charge on any atom is -0.393 e. The number of fused-ring (bicyclic) bond motifs is 5. The van der Waals surface area contributed by atoms with Crippen LogP contribution in [-0.4, -0.2) is 28.7 Å². The summed E-state index contributed by atoms with van der Waals surface area (Å²) in [4.78, 5) is 11.2. The molecule has 0 aromatic carbocycles. The molecule has 0 heterocycles. The highest BCUT2D eigenvalue weighted by atomic mass is 16.3. The Morgan fingerprint density at radius 3 is 2.36 bits per heavy atom. The third kappa shape index (κ3) is 2.86. The van der Waals surface area contributed by atoms with Crippen molar-refractivity contribution in [1.82, 2.24) is 0 Å². The summed E-state index contributed by atoms with van der Waals surface area (Å²) >= 11 is 0. The zero-order valence-electron chi connectivity index (χ0n) is 18.4. The number of carbonyl (C=O) groups excluding carboxylic acids is 1. The Kier molecular flexibility index (Phi) is 5.49. The van der Waals surface area contributed by atoms with Crippen molar-refractivity contribution in [2.24, 2.45) is 52.3 Å². The van der Waals surface area contributed by atoms with E-state index in [1.165, 1.54) is 25.7 Å². The monoisotopic (exact) mass is 390 g/mol. The Bertz CT molecular complexity index is 590. The number of hydrogen-bond donors (Lipinski definition) is 2. The van der Waals surface area contributed by atoms with Crippen molar-refractivity contribution in [1.29, 1.82) is 0 Å². The maximum absolute atomic E-state index is 11.7. The van der Waals surface area contributed by atoms with Gasteiger partial charge in [0, 0.05) is 6.42 Å². The fourth-order valence-corrected chi connectivity index (χ4v) is 9.25. The first-order chi connectivity index (χ1) is 13.3. The predicted molar refractivity (Wildman–Crippen MR) is 112 cm³/mol. The maximum Gasteiger partial charge on any atom is 0.120 e. The number of rotatable bonds is 4. The molecule has 0 aliphatic heterocycles. The lowest BCUT2D eigenvalue weighted by molar-refractivity contribution is -0.203. The molecule has 0 radical (unpaired) electrons. The number of aliphatic hydroxyl groups is 2. The molecule has 0 bridgehead atoms. The lowest BCUT2D eigenvalue weighted by Gasteiger charge is -2.64. The standard InChI is InChI=1S/C25H42O3/c1-5-17-21-14-16(27)8-11-25(21,4)20-9-12-24(3)18(15(2)10-13-26)6-7-19(24)22(20)23(17)28/h13,15-23,27-28H,5-12,14H2,1-4H3/t15-,16+,17-,18-,19?,20?,21+,22?,23?,24-,25-/m1/s1. The van der Waals surface area contributed by atoms with Gasteiger partial charge in [0.25, 0.3) is 0 Å². The maximum atomic E-state index is 11.7. The molecule has 160 valence electrons. The SMILES string of the molecule is CC[C@H]1C(O)C2C3CC[C@H]([C@H](C)CC=O)[C@@]3(C)CCC2[C@@]2(C)CC[C@H](O)C[C@@H]12. The van der Waals surface area contributed by atoms with E-state index in [-0.39, 0.29) is 23.0 Å². The molecular weight excluding hydrogens is 348 g/mol. The van der Waals surface area contributed by atoms with E-state index < -0.39 is 0 Å². The topological polar surface area (TPSA) is 57.5 Å². The summed E-state index contributed by atoms with van der Waals surface area (Å²) in [5.74, 6) is 3.48. The highest BCUT2D eigenvalue weighted by Gasteiger charge is 2.64. The number of aldehydes is 1. The van der Waals surface area contributed by atoms with Gasteiger partial charge in [-0.2, -0.15) is 0 Å². The third-order valence-corrected chi connectivity index (χ3v) is 10.6. The van der Waals surface area contributed by atoms with Gasteiger partial charge >= 0.3 is 0 Å². The Morgan fingerprint density at radius 2 is 1.68 bits per heavy atom. The van der Waals surface area contributed by atoms with Gasteiger partial charge in [0.15, 0.2) is 0 Å². The van der Waals surface area contributed by atoms with Gasteiger partial charge in [0.2, 0.25) is 0 Å². The second-order valence-electron chi connectivity index (χ2n) is 11.5. The summed E-state index contributed by atoms with van der Waals surface area (Å²) in [5.41, 5.74) is 0.553. The van der Waals surface area contributed by atoms with E-state index in [0.29, 0.717) is 47.8 Å². The quantitative estimate of drug-likeness (QED) is 0.676. The second-order valence-corrected chi connectivity index (χ2v) is 11.5.